The monoisotopic (exact) mass is 391 g/mol. The second-order valence-electron chi connectivity index (χ2n) is 4.50. The summed E-state index contributed by atoms with van der Waals surface area (Å²) in [7, 11) is 0. The lowest BCUT2D eigenvalue weighted by Crippen LogP contribution is -2.38. The van der Waals surface area contributed by atoms with Crippen LogP contribution in [0, 0.1) is 0 Å². The first-order valence-corrected chi connectivity index (χ1v) is 8.81. The van der Waals surface area contributed by atoms with E-state index in [1.807, 2.05) is 24.3 Å². The highest BCUT2D eigenvalue weighted by Gasteiger charge is 2.14. The van der Waals surface area contributed by atoms with Gasteiger partial charge in [-0.1, -0.05) is 51.8 Å². The lowest BCUT2D eigenvalue weighted by Gasteiger charge is -2.29. The molecule has 0 saturated carbocycles. The summed E-state index contributed by atoms with van der Waals surface area (Å²) in [4.78, 5) is 2.51. The van der Waals surface area contributed by atoms with Crippen LogP contribution >= 0.6 is 31.9 Å². The van der Waals surface area contributed by atoms with Gasteiger partial charge in [-0.25, -0.2) is 0 Å². The second kappa shape index (κ2) is 9.78. The van der Waals surface area contributed by atoms with Crippen molar-refractivity contribution < 1.29 is 4.74 Å². The summed E-state index contributed by atoms with van der Waals surface area (Å²) in [5.74, 6) is 0.928. The summed E-state index contributed by atoms with van der Waals surface area (Å²) >= 11 is 6.99. The molecule has 0 N–H and O–H groups in total. The Hall–Kier alpha value is -0.0600. The van der Waals surface area contributed by atoms with E-state index in [1.165, 1.54) is 12.8 Å². The minimum Gasteiger partial charge on any atom is -0.492 e. The second-order valence-corrected chi connectivity index (χ2v) is 6.21. The van der Waals surface area contributed by atoms with Gasteiger partial charge < -0.3 is 4.74 Å². The number of ether oxygens (including phenoxy) is 1. The molecule has 0 spiro atoms. The third kappa shape index (κ3) is 6.28. The molecule has 108 valence electrons. The van der Waals surface area contributed by atoms with Crippen LogP contribution in [0.25, 0.3) is 0 Å². The van der Waals surface area contributed by atoms with Gasteiger partial charge in [-0.3, -0.25) is 4.90 Å². The highest BCUT2D eigenvalue weighted by Crippen LogP contribution is 2.18. The maximum atomic E-state index is 5.82. The Labute approximate surface area is 133 Å². The molecule has 1 rings (SSSR count). The topological polar surface area (TPSA) is 12.5 Å². The molecule has 0 fully saturated rings. The zero-order valence-corrected chi connectivity index (χ0v) is 14.9. The van der Waals surface area contributed by atoms with Crippen LogP contribution in [0.2, 0.25) is 0 Å². The number of nitrogens with zero attached hydrogens (tertiary/aromatic N) is 1. The van der Waals surface area contributed by atoms with Crippen LogP contribution in [-0.2, 0) is 0 Å². The Kier molecular flexibility index (Phi) is 8.75. The van der Waals surface area contributed by atoms with Crippen molar-refractivity contribution in [2.24, 2.45) is 0 Å². The predicted molar refractivity (Wildman–Crippen MR) is 89.4 cm³/mol. The molecule has 0 aliphatic heterocycles. The average Bonchev–Trinajstić information content (AvgIpc) is 2.40. The first-order valence-electron chi connectivity index (χ1n) is 6.89. The molecule has 0 heterocycles. The van der Waals surface area contributed by atoms with Crippen LogP contribution < -0.4 is 4.74 Å². The third-order valence-electron chi connectivity index (χ3n) is 3.27. The third-order valence-corrected chi connectivity index (χ3v) is 4.12. The SMILES string of the molecule is CCC(CC)N(CCBr)CCOc1cccc(Br)c1. The Morgan fingerprint density at radius 1 is 1.21 bits per heavy atom. The van der Waals surface area contributed by atoms with Gasteiger partial charge in [0.2, 0.25) is 0 Å². The van der Waals surface area contributed by atoms with Gasteiger partial charge in [0.05, 0.1) is 0 Å². The van der Waals surface area contributed by atoms with E-state index in [2.05, 4.69) is 50.6 Å². The summed E-state index contributed by atoms with van der Waals surface area (Å²) in [5, 5.41) is 1.01. The molecule has 0 unspecified atom stereocenters. The van der Waals surface area contributed by atoms with Gasteiger partial charge in [-0.15, -0.1) is 0 Å². The van der Waals surface area contributed by atoms with Gasteiger partial charge in [0.15, 0.2) is 0 Å². The standard InChI is InChI=1S/C15H23Br2NO/c1-3-14(4-2)18(9-8-16)10-11-19-15-7-5-6-13(17)12-15/h5-7,12,14H,3-4,8-11H2,1-2H3. The van der Waals surface area contributed by atoms with Crippen molar-refractivity contribution in [2.45, 2.75) is 32.7 Å². The Bertz CT molecular complexity index is 356. The molecule has 1 aromatic carbocycles. The highest BCUT2D eigenvalue weighted by atomic mass is 79.9. The molecule has 19 heavy (non-hydrogen) atoms. The van der Waals surface area contributed by atoms with Gasteiger partial charge >= 0.3 is 0 Å². The summed E-state index contributed by atoms with van der Waals surface area (Å²) in [6.07, 6.45) is 2.39. The Morgan fingerprint density at radius 3 is 2.53 bits per heavy atom. The van der Waals surface area contributed by atoms with Gasteiger partial charge in [0, 0.05) is 28.9 Å². The molecule has 0 aliphatic carbocycles. The maximum Gasteiger partial charge on any atom is 0.120 e. The molecular formula is C15H23Br2NO. The molecular weight excluding hydrogens is 370 g/mol. The highest BCUT2D eigenvalue weighted by molar-refractivity contribution is 9.10. The van der Waals surface area contributed by atoms with Gasteiger partial charge in [0.1, 0.15) is 12.4 Å². The van der Waals surface area contributed by atoms with Crippen LogP contribution in [0.1, 0.15) is 26.7 Å². The lowest BCUT2D eigenvalue weighted by atomic mass is 10.1. The normalized spacial score (nSPS) is 11.3. The minimum absolute atomic E-state index is 0.656. The lowest BCUT2D eigenvalue weighted by molar-refractivity contribution is 0.160. The number of alkyl halides is 1. The van der Waals surface area contributed by atoms with Crippen LogP contribution in [-0.4, -0.2) is 36.0 Å². The van der Waals surface area contributed by atoms with E-state index in [1.54, 1.807) is 0 Å². The Balaban J connectivity index is 2.43. The summed E-state index contributed by atoms with van der Waals surface area (Å²) in [5.41, 5.74) is 0. The smallest absolute Gasteiger partial charge is 0.120 e. The van der Waals surface area contributed by atoms with Gasteiger partial charge in [-0.05, 0) is 31.0 Å². The molecule has 0 aromatic heterocycles. The van der Waals surface area contributed by atoms with Gasteiger partial charge in [0.25, 0.3) is 0 Å². The van der Waals surface area contributed by atoms with Crippen molar-refractivity contribution >= 4 is 31.9 Å². The first-order chi connectivity index (χ1) is 9.21. The van der Waals surface area contributed by atoms with Crippen LogP contribution in [0.4, 0.5) is 0 Å². The number of benzene rings is 1. The molecule has 2 nitrogen and oxygen atoms in total. The summed E-state index contributed by atoms with van der Waals surface area (Å²) < 4.78 is 6.87. The zero-order valence-electron chi connectivity index (χ0n) is 11.7. The van der Waals surface area contributed by atoms with Crippen LogP contribution in [0.3, 0.4) is 0 Å². The number of hydrogen-bond donors (Lipinski definition) is 0. The Morgan fingerprint density at radius 2 is 1.95 bits per heavy atom. The predicted octanol–water partition coefficient (Wildman–Crippen LogP) is 4.71. The van der Waals surface area contributed by atoms with Crippen molar-refractivity contribution in [1.29, 1.82) is 0 Å². The van der Waals surface area contributed by atoms with Crippen molar-refractivity contribution in [1.82, 2.24) is 4.90 Å². The van der Waals surface area contributed by atoms with E-state index in [-0.39, 0.29) is 0 Å². The summed E-state index contributed by atoms with van der Waals surface area (Å²) in [6.45, 7) is 7.30. The fraction of sp³-hybridized carbons (Fsp3) is 0.600. The number of rotatable bonds is 9. The number of hydrogen-bond acceptors (Lipinski definition) is 2. The van der Waals surface area contributed by atoms with Crippen LogP contribution in [0.5, 0.6) is 5.75 Å². The minimum atomic E-state index is 0.656. The molecule has 4 heteroatoms. The molecule has 0 radical (unpaired) electrons. The fourth-order valence-electron chi connectivity index (χ4n) is 2.23. The van der Waals surface area contributed by atoms with Crippen molar-refractivity contribution in [3.8, 4) is 5.75 Å². The maximum absolute atomic E-state index is 5.82. The molecule has 0 saturated heterocycles. The van der Waals surface area contributed by atoms with Gasteiger partial charge in [-0.2, -0.15) is 0 Å². The van der Waals surface area contributed by atoms with E-state index >= 15 is 0 Å². The average molecular weight is 393 g/mol. The zero-order chi connectivity index (χ0) is 14.1. The molecule has 0 aliphatic rings. The molecule has 0 bridgehead atoms. The van der Waals surface area contributed by atoms with Crippen LogP contribution in [0.15, 0.2) is 28.7 Å². The molecule has 0 amide bonds. The first kappa shape index (κ1) is 17.0. The van der Waals surface area contributed by atoms with E-state index in [0.717, 1.165) is 35.2 Å². The summed E-state index contributed by atoms with van der Waals surface area (Å²) in [6, 6.07) is 8.66. The number of halogens is 2. The van der Waals surface area contributed by atoms with E-state index in [4.69, 9.17) is 4.74 Å². The van der Waals surface area contributed by atoms with E-state index in [9.17, 15) is 0 Å². The van der Waals surface area contributed by atoms with Crippen molar-refractivity contribution in [3.63, 3.8) is 0 Å². The van der Waals surface area contributed by atoms with Crippen molar-refractivity contribution in [2.75, 3.05) is 25.0 Å². The van der Waals surface area contributed by atoms with E-state index < -0.39 is 0 Å². The molecule has 0 atom stereocenters. The van der Waals surface area contributed by atoms with E-state index in [0.29, 0.717) is 6.04 Å². The largest absolute Gasteiger partial charge is 0.492 e. The molecule has 1 aromatic rings. The quantitative estimate of drug-likeness (QED) is 0.564. The fourth-order valence-corrected chi connectivity index (χ4v) is 3.06. The van der Waals surface area contributed by atoms with Crippen molar-refractivity contribution in [3.05, 3.63) is 28.7 Å².